The van der Waals surface area contributed by atoms with Crippen LogP contribution in [0.4, 0.5) is 5.69 Å². The maximum absolute atomic E-state index is 10.8. The monoisotopic (exact) mass is 349 g/mol. The van der Waals surface area contributed by atoms with Gasteiger partial charge in [0.05, 0.1) is 20.5 Å². The fourth-order valence-corrected chi connectivity index (χ4v) is 1.68. The number of hydrogen-bond acceptors (Lipinski definition) is 3. The van der Waals surface area contributed by atoms with Gasteiger partial charge in [-0.3, -0.25) is 10.1 Å². The molecule has 4 nitrogen and oxygen atoms in total. The predicted octanol–water partition coefficient (Wildman–Crippen LogP) is 4.08. The lowest BCUT2D eigenvalue weighted by Crippen LogP contribution is -1.95. The van der Waals surface area contributed by atoms with Crippen LogP contribution in [0.1, 0.15) is 12.5 Å². The second-order valence-corrected chi connectivity index (χ2v) is 5.62. The third kappa shape index (κ3) is 3.61. The highest BCUT2D eigenvalue weighted by atomic mass is 79.9. The largest absolute Gasteiger partial charge is 0.494 e. The van der Waals surface area contributed by atoms with Crippen LogP contribution in [0.5, 0.6) is 5.75 Å². The molecule has 0 amide bonds. The van der Waals surface area contributed by atoms with Crippen LogP contribution < -0.4 is 4.74 Å². The van der Waals surface area contributed by atoms with Gasteiger partial charge in [-0.25, -0.2) is 0 Å². The molecule has 0 saturated heterocycles. The highest BCUT2D eigenvalue weighted by Gasteiger charge is 2.12. The number of nitro groups is 1. The van der Waals surface area contributed by atoms with Crippen molar-refractivity contribution in [2.24, 2.45) is 0 Å². The molecule has 0 bridgehead atoms. The van der Waals surface area contributed by atoms with E-state index >= 15 is 0 Å². The molecule has 1 aromatic rings. The predicted molar refractivity (Wildman–Crippen MR) is 70.1 cm³/mol. The van der Waals surface area contributed by atoms with Crippen LogP contribution in [-0.2, 0) is 0 Å². The fourth-order valence-electron chi connectivity index (χ4n) is 1.19. The van der Waals surface area contributed by atoms with E-state index < -0.39 is 4.92 Å². The lowest BCUT2D eigenvalue weighted by atomic mass is 10.1. The molecule has 0 aromatic heterocycles. The van der Waals surface area contributed by atoms with E-state index in [1.54, 1.807) is 18.2 Å². The van der Waals surface area contributed by atoms with E-state index in [0.29, 0.717) is 21.3 Å². The Morgan fingerprint density at radius 1 is 1.56 bits per heavy atom. The maximum Gasteiger partial charge on any atom is 0.276 e. The minimum Gasteiger partial charge on any atom is -0.494 e. The summed E-state index contributed by atoms with van der Waals surface area (Å²) in [6.45, 7) is 2.38. The number of nitro benzene ring substituents is 1. The number of halogens is 2. The summed E-state index contributed by atoms with van der Waals surface area (Å²) >= 11 is 6.34. The first-order chi connectivity index (χ1) is 7.54. The highest BCUT2D eigenvalue weighted by Crippen LogP contribution is 2.28. The molecule has 0 N–H and O–H groups in total. The van der Waals surface area contributed by atoms with Gasteiger partial charge in [0.2, 0.25) is 0 Å². The van der Waals surface area contributed by atoms with Gasteiger partial charge in [-0.05, 0) is 57.0 Å². The smallest absolute Gasteiger partial charge is 0.276 e. The van der Waals surface area contributed by atoms with Gasteiger partial charge in [0.1, 0.15) is 5.75 Å². The van der Waals surface area contributed by atoms with E-state index in [1.807, 2.05) is 6.92 Å². The lowest BCUT2D eigenvalue weighted by molar-refractivity contribution is -0.385. The Bertz CT molecular complexity index is 428. The third-order valence-corrected chi connectivity index (χ3v) is 2.23. The van der Waals surface area contributed by atoms with E-state index in [1.165, 1.54) is 6.07 Å². The molecule has 0 fully saturated rings. The van der Waals surface area contributed by atoms with Crippen molar-refractivity contribution in [3.05, 3.63) is 37.3 Å². The first-order valence-corrected chi connectivity index (χ1v) is 6.07. The molecule has 1 aromatic carbocycles. The van der Waals surface area contributed by atoms with Crippen molar-refractivity contribution in [2.75, 3.05) is 6.61 Å². The van der Waals surface area contributed by atoms with Crippen molar-refractivity contribution >= 4 is 43.6 Å². The summed E-state index contributed by atoms with van der Waals surface area (Å²) in [5, 5.41) is 10.8. The first-order valence-electron chi connectivity index (χ1n) is 4.48. The van der Waals surface area contributed by atoms with Gasteiger partial charge in [0, 0.05) is 6.07 Å². The van der Waals surface area contributed by atoms with Gasteiger partial charge in [0.15, 0.2) is 0 Å². The van der Waals surface area contributed by atoms with Crippen molar-refractivity contribution < 1.29 is 9.66 Å². The molecule has 86 valence electrons. The average Bonchev–Trinajstić information content (AvgIpc) is 2.16. The van der Waals surface area contributed by atoms with Crippen molar-refractivity contribution in [3.8, 4) is 5.75 Å². The topological polar surface area (TPSA) is 52.4 Å². The van der Waals surface area contributed by atoms with Gasteiger partial charge in [-0.15, -0.1) is 0 Å². The molecule has 0 unspecified atom stereocenters. The van der Waals surface area contributed by atoms with Crippen LogP contribution >= 0.6 is 31.9 Å². The summed E-state index contributed by atoms with van der Waals surface area (Å²) in [5.41, 5.74) is 0.527. The Labute approximate surface area is 110 Å². The minimum atomic E-state index is -0.426. The average molecular weight is 351 g/mol. The molecular formula is C10H9Br2NO3. The van der Waals surface area contributed by atoms with E-state index in [2.05, 4.69) is 31.9 Å². The normalized spacial score (nSPS) is 9.69. The van der Waals surface area contributed by atoms with Crippen LogP contribution in [0, 0.1) is 10.1 Å². The van der Waals surface area contributed by atoms with Crippen LogP contribution in [0.2, 0.25) is 0 Å². The first kappa shape index (κ1) is 13.2. The number of hydrogen-bond donors (Lipinski definition) is 0. The van der Waals surface area contributed by atoms with Crippen molar-refractivity contribution in [2.45, 2.75) is 6.92 Å². The summed E-state index contributed by atoms with van der Waals surface area (Å²) < 4.78 is 5.92. The highest BCUT2D eigenvalue weighted by molar-refractivity contribution is 9.28. The van der Waals surface area contributed by atoms with Gasteiger partial charge < -0.3 is 4.74 Å². The Balaban J connectivity index is 3.21. The Hall–Kier alpha value is -0.880. The molecule has 0 aliphatic rings. The summed E-state index contributed by atoms with van der Waals surface area (Å²) in [6.07, 6.45) is 1.61. The minimum absolute atomic E-state index is 0.0415. The molecule has 0 aliphatic carbocycles. The molecule has 0 aliphatic heterocycles. The van der Waals surface area contributed by atoms with E-state index in [9.17, 15) is 10.1 Å². The Morgan fingerprint density at radius 3 is 2.75 bits per heavy atom. The van der Waals surface area contributed by atoms with E-state index in [0.717, 1.165) is 0 Å². The van der Waals surface area contributed by atoms with E-state index in [4.69, 9.17) is 4.74 Å². The summed E-state index contributed by atoms with van der Waals surface area (Å²) in [6, 6.07) is 4.64. The second-order valence-electron chi connectivity index (χ2n) is 2.84. The standard InChI is InChI=1S/C10H9Br2NO3/c1-2-16-8-3-4-9(13(14)15)7(5-8)6-10(11)12/h3-6H,2H2,1H3. The third-order valence-electron chi connectivity index (χ3n) is 1.77. The van der Waals surface area contributed by atoms with Crippen LogP contribution in [0.15, 0.2) is 21.6 Å². The quantitative estimate of drug-likeness (QED) is 0.607. The SMILES string of the molecule is CCOc1ccc([N+](=O)[O-])c(C=C(Br)Br)c1. The molecule has 0 heterocycles. The number of benzene rings is 1. The Morgan fingerprint density at radius 2 is 2.25 bits per heavy atom. The van der Waals surface area contributed by atoms with Gasteiger partial charge >= 0.3 is 0 Å². The number of rotatable bonds is 4. The molecule has 6 heteroatoms. The summed E-state index contributed by atoms with van der Waals surface area (Å²) in [7, 11) is 0. The van der Waals surface area contributed by atoms with Crippen LogP contribution in [-0.4, -0.2) is 11.5 Å². The van der Waals surface area contributed by atoms with Crippen LogP contribution in [0.25, 0.3) is 6.08 Å². The second kappa shape index (κ2) is 6.00. The molecule has 0 radical (unpaired) electrons. The Kier molecular flexibility index (Phi) is 4.95. The van der Waals surface area contributed by atoms with Gasteiger partial charge in [-0.1, -0.05) is 0 Å². The van der Waals surface area contributed by atoms with E-state index in [-0.39, 0.29) is 5.69 Å². The molecule has 16 heavy (non-hydrogen) atoms. The molecule has 0 atom stereocenters. The van der Waals surface area contributed by atoms with Crippen molar-refractivity contribution in [3.63, 3.8) is 0 Å². The zero-order valence-corrected chi connectivity index (χ0v) is 11.6. The van der Waals surface area contributed by atoms with Crippen molar-refractivity contribution in [1.82, 2.24) is 0 Å². The van der Waals surface area contributed by atoms with Gasteiger partial charge in [0.25, 0.3) is 5.69 Å². The van der Waals surface area contributed by atoms with Gasteiger partial charge in [-0.2, -0.15) is 0 Å². The van der Waals surface area contributed by atoms with Crippen molar-refractivity contribution in [1.29, 1.82) is 0 Å². The molecule has 1 rings (SSSR count). The maximum atomic E-state index is 10.8. The fraction of sp³-hybridized carbons (Fsp3) is 0.200. The molecule has 0 spiro atoms. The number of ether oxygens (including phenoxy) is 1. The zero-order valence-electron chi connectivity index (χ0n) is 8.44. The summed E-state index contributed by atoms with van der Waals surface area (Å²) in [4.78, 5) is 10.4. The molecular weight excluding hydrogens is 342 g/mol. The number of nitrogens with zero attached hydrogens (tertiary/aromatic N) is 1. The zero-order chi connectivity index (χ0) is 12.1. The van der Waals surface area contributed by atoms with Crippen LogP contribution in [0.3, 0.4) is 0 Å². The lowest BCUT2D eigenvalue weighted by Gasteiger charge is -2.04. The summed E-state index contributed by atoms with van der Waals surface area (Å²) in [5.74, 6) is 0.612. The molecule has 0 saturated carbocycles.